The highest BCUT2D eigenvalue weighted by Gasteiger charge is 2.25. The van der Waals surface area contributed by atoms with Crippen molar-refractivity contribution in [2.45, 2.75) is 20.8 Å². The summed E-state index contributed by atoms with van der Waals surface area (Å²) in [5, 5.41) is 1.15. The van der Waals surface area contributed by atoms with Crippen molar-refractivity contribution in [2.24, 2.45) is 0 Å². The Labute approximate surface area is 180 Å². The van der Waals surface area contributed by atoms with Crippen LogP contribution in [0.1, 0.15) is 16.3 Å². The fourth-order valence-corrected chi connectivity index (χ4v) is 4.55. The van der Waals surface area contributed by atoms with Crippen LogP contribution in [0.4, 0.5) is 5.82 Å². The molecule has 2 aromatic heterocycles. The largest absolute Gasteiger partial charge is 1.00 e. The smallest absolute Gasteiger partial charge is 0.260 e. The number of amides is 1. The molecule has 1 fully saturated rings. The van der Waals surface area contributed by atoms with Crippen LogP contribution in [-0.2, 0) is 4.79 Å². The number of aryl methyl sites for hydroxylation is 3. The third kappa shape index (κ3) is 4.46. The second kappa shape index (κ2) is 8.97. The van der Waals surface area contributed by atoms with Gasteiger partial charge < -0.3 is 26.9 Å². The number of carbonyl (C=O) groups excluding carboxylic acids is 1. The fraction of sp³-hybridized carbons (Fsp3) is 0.381. The van der Waals surface area contributed by atoms with Crippen LogP contribution in [-0.4, -0.2) is 53.6 Å². The molecule has 1 aromatic carbocycles. The van der Waals surface area contributed by atoms with Crippen molar-refractivity contribution in [2.75, 3.05) is 37.7 Å². The van der Waals surface area contributed by atoms with Gasteiger partial charge in [0.1, 0.15) is 22.2 Å². The van der Waals surface area contributed by atoms with E-state index in [1.54, 1.807) is 11.3 Å². The minimum Gasteiger partial charge on any atom is -1.00 e. The number of anilines is 1. The van der Waals surface area contributed by atoms with Crippen LogP contribution in [0.2, 0.25) is 0 Å². The zero-order valence-corrected chi connectivity index (χ0v) is 18.4. The molecule has 0 atom stereocenters. The molecule has 6 nitrogen and oxygen atoms in total. The van der Waals surface area contributed by atoms with Crippen molar-refractivity contribution < 1.29 is 21.9 Å². The molecule has 0 bridgehead atoms. The van der Waals surface area contributed by atoms with Crippen molar-refractivity contribution in [3.05, 3.63) is 46.6 Å². The molecule has 29 heavy (non-hydrogen) atoms. The molecular formula is C21H24ClN4O2S-. The number of rotatable bonds is 4. The molecule has 3 heterocycles. The van der Waals surface area contributed by atoms with Gasteiger partial charge in [-0.3, -0.25) is 4.79 Å². The van der Waals surface area contributed by atoms with E-state index in [-0.39, 0.29) is 24.9 Å². The van der Waals surface area contributed by atoms with Crippen molar-refractivity contribution >= 4 is 33.3 Å². The zero-order chi connectivity index (χ0) is 19.7. The molecule has 0 spiro atoms. The van der Waals surface area contributed by atoms with Gasteiger partial charge in [-0.25, -0.2) is 9.97 Å². The molecule has 1 amide bonds. The Morgan fingerprint density at radius 1 is 1.07 bits per heavy atom. The first-order chi connectivity index (χ1) is 13.5. The minimum absolute atomic E-state index is 0. The second-order valence-electron chi connectivity index (χ2n) is 7.03. The van der Waals surface area contributed by atoms with E-state index in [1.807, 2.05) is 42.2 Å². The first-order valence-electron chi connectivity index (χ1n) is 9.48. The lowest BCUT2D eigenvalue weighted by Crippen LogP contribution is -3.00. The monoisotopic (exact) mass is 431 g/mol. The van der Waals surface area contributed by atoms with Gasteiger partial charge in [-0.15, -0.1) is 11.3 Å². The summed E-state index contributed by atoms with van der Waals surface area (Å²) >= 11 is 1.72. The highest BCUT2D eigenvalue weighted by Crippen LogP contribution is 2.35. The number of aromatic nitrogens is 2. The third-order valence-corrected chi connectivity index (χ3v) is 6.26. The number of carbonyl (C=O) groups is 1. The van der Waals surface area contributed by atoms with Gasteiger partial charge in [-0.1, -0.05) is 18.2 Å². The second-order valence-corrected chi connectivity index (χ2v) is 8.23. The molecule has 1 aliphatic rings. The number of fused-ring (bicyclic) bond motifs is 1. The molecule has 0 N–H and O–H groups in total. The first kappa shape index (κ1) is 21.3. The summed E-state index contributed by atoms with van der Waals surface area (Å²) in [6.07, 6.45) is 0. The van der Waals surface area contributed by atoms with E-state index in [0.717, 1.165) is 40.7 Å². The standard InChI is InChI=1S/C21H24N4O2S.ClH/c1-14-15(2)28-21-19(14)20(22-16(3)23-21)25-11-9-24(10-12-25)18(26)13-27-17-7-5-4-6-8-17;/h4-8H,9-13H2,1-3H3;1H/p-1. The molecule has 0 saturated carbocycles. The highest BCUT2D eigenvalue weighted by atomic mass is 35.5. The van der Waals surface area contributed by atoms with Crippen molar-refractivity contribution in [3.8, 4) is 5.75 Å². The maximum atomic E-state index is 12.5. The van der Waals surface area contributed by atoms with Gasteiger partial charge in [0.15, 0.2) is 6.61 Å². The number of hydrogen-bond donors (Lipinski definition) is 0. The molecule has 154 valence electrons. The lowest BCUT2D eigenvalue weighted by atomic mass is 10.2. The van der Waals surface area contributed by atoms with Crippen LogP contribution in [0.3, 0.4) is 0 Å². The van der Waals surface area contributed by atoms with E-state index in [9.17, 15) is 4.79 Å². The predicted molar refractivity (Wildman–Crippen MR) is 112 cm³/mol. The topological polar surface area (TPSA) is 58.6 Å². The number of piperazine rings is 1. The number of hydrogen-bond acceptors (Lipinski definition) is 6. The Kier molecular flexibility index (Phi) is 6.59. The molecule has 1 saturated heterocycles. The summed E-state index contributed by atoms with van der Waals surface area (Å²) in [4.78, 5) is 28.3. The van der Waals surface area contributed by atoms with Gasteiger partial charge in [-0.05, 0) is 38.5 Å². The number of halogens is 1. The molecule has 8 heteroatoms. The van der Waals surface area contributed by atoms with Gasteiger partial charge >= 0.3 is 0 Å². The lowest BCUT2D eigenvalue weighted by molar-refractivity contribution is -0.133. The van der Waals surface area contributed by atoms with Gasteiger partial charge in [-0.2, -0.15) is 0 Å². The molecule has 4 rings (SSSR count). The summed E-state index contributed by atoms with van der Waals surface area (Å²) in [7, 11) is 0. The average Bonchev–Trinajstić information content (AvgIpc) is 3.00. The summed E-state index contributed by atoms with van der Waals surface area (Å²) in [6, 6.07) is 9.45. The Hall–Kier alpha value is -2.38. The van der Waals surface area contributed by atoms with E-state index < -0.39 is 0 Å². The van der Waals surface area contributed by atoms with Crippen molar-refractivity contribution in [1.82, 2.24) is 14.9 Å². The molecular weight excluding hydrogens is 408 g/mol. The van der Waals surface area contributed by atoms with E-state index >= 15 is 0 Å². The molecule has 0 unspecified atom stereocenters. The van der Waals surface area contributed by atoms with Crippen molar-refractivity contribution in [3.63, 3.8) is 0 Å². The van der Waals surface area contributed by atoms with Crippen molar-refractivity contribution in [1.29, 1.82) is 0 Å². The number of thiophene rings is 1. The quantitative estimate of drug-likeness (QED) is 0.596. The maximum Gasteiger partial charge on any atom is 0.260 e. The number of para-hydroxylation sites is 1. The molecule has 3 aromatic rings. The van der Waals surface area contributed by atoms with Gasteiger partial charge in [0.2, 0.25) is 0 Å². The third-order valence-electron chi connectivity index (χ3n) is 5.16. The Morgan fingerprint density at radius 2 is 1.76 bits per heavy atom. The molecule has 0 radical (unpaired) electrons. The number of nitrogens with zero attached hydrogens (tertiary/aromatic N) is 4. The minimum atomic E-state index is 0. The Balaban J connectivity index is 0.00000240. The van der Waals surface area contributed by atoms with E-state index in [1.165, 1.54) is 10.4 Å². The van der Waals surface area contributed by atoms with Gasteiger partial charge in [0.25, 0.3) is 5.91 Å². The Bertz CT molecular complexity index is 1000. The SMILES string of the molecule is Cc1nc(N2CCN(C(=O)COc3ccccc3)CC2)c2c(C)c(C)sc2n1.[Cl-]. The fourth-order valence-electron chi connectivity index (χ4n) is 3.48. The zero-order valence-electron chi connectivity index (χ0n) is 16.8. The van der Waals surface area contributed by atoms with Crippen LogP contribution in [0.5, 0.6) is 5.75 Å². The first-order valence-corrected chi connectivity index (χ1v) is 10.3. The number of ether oxygens (including phenoxy) is 1. The Morgan fingerprint density at radius 3 is 2.45 bits per heavy atom. The van der Waals surface area contributed by atoms with Crippen LogP contribution >= 0.6 is 11.3 Å². The summed E-state index contributed by atoms with van der Waals surface area (Å²) < 4.78 is 5.60. The normalized spacial score (nSPS) is 14.0. The van der Waals surface area contributed by atoms with E-state index in [0.29, 0.717) is 13.1 Å². The van der Waals surface area contributed by atoms with E-state index in [2.05, 4.69) is 23.7 Å². The van der Waals surface area contributed by atoms with Crippen LogP contribution in [0.25, 0.3) is 10.2 Å². The summed E-state index contributed by atoms with van der Waals surface area (Å²) in [6.45, 7) is 9.14. The summed E-state index contributed by atoms with van der Waals surface area (Å²) in [5.74, 6) is 2.53. The lowest BCUT2D eigenvalue weighted by Gasteiger charge is -2.35. The summed E-state index contributed by atoms with van der Waals surface area (Å²) in [5.41, 5.74) is 1.25. The predicted octanol–water partition coefficient (Wildman–Crippen LogP) is 0.348. The number of benzene rings is 1. The van der Waals surface area contributed by atoms with E-state index in [4.69, 9.17) is 9.72 Å². The van der Waals surface area contributed by atoms with Crippen LogP contribution in [0.15, 0.2) is 30.3 Å². The highest BCUT2D eigenvalue weighted by molar-refractivity contribution is 7.18. The molecule has 1 aliphatic heterocycles. The maximum absolute atomic E-state index is 12.5. The van der Waals surface area contributed by atoms with Gasteiger partial charge in [0.05, 0.1) is 5.39 Å². The average molecular weight is 432 g/mol. The van der Waals surface area contributed by atoms with Gasteiger partial charge in [0, 0.05) is 31.1 Å². The van der Waals surface area contributed by atoms with Crippen LogP contribution < -0.4 is 22.0 Å². The van der Waals surface area contributed by atoms with Crippen LogP contribution in [0, 0.1) is 20.8 Å². The molecule has 0 aliphatic carbocycles.